The van der Waals surface area contributed by atoms with Crippen LogP contribution in [0.25, 0.3) is 12.2 Å². The van der Waals surface area contributed by atoms with Gasteiger partial charge in [-0.15, -0.1) is 0 Å². The molecule has 0 saturated carbocycles. The third-order valence-electron chi connectivity index (χ3n) is 3.62. The highest BCUT2D eigenvalue weighted by molar-refractivity contribution is 6.14. The van der Waals surface area contributed by atoms with Crippen LogP contribution in [0.4, 0.5) is 0 Å². The van der Waals surface area contributed by atoms with E-state index in [1.807, 2.05) is 57.3 Å². The number of likely N-dealkylation sites (tertiary alicyclic amines) is 1. The van der Waals surface area contributed by atoms with Crippen molar-refractivity contribution in [3.63, 3.8) is 0 Å². The van der Waals surface area contributed by atoms with E-state index in [0.717, 1.165) is 22.7 Å². The quantitative estimate of drug-likeness (QED) is 0.796. The Labute approximate surface area is 129 Å². The normalized spacial score (nSPS) is 20.2. The van der Waals surface area contributed by atoms with Gasteiger partial charge in [-0.2, -0.15) is 0 Å². The molecule has 0 atom stereocenters. The lowest BCUT2D eigenvalue weighted by Gasteiger charge is -2.25. The van der Waals surface area contributed by atoms with Crippen molar-refractivity contribution in [1.29, 1.82) is 0 Å². The van der Waals surface area contributed by atoms with Gasteiger partial charge in [0.05, 0.1) is 0 Å². The molecule has 1 saturated heterocycles. The molecule has 0 radical (unpaired) electrons. The van der Waals surface area contributed by atoms with Crippen molar-refractivity contribution in [2.75, 3.05) is 20.1 Å². The summed E-state index contributed by atoms with van der Waals surface area (Å²) in [5, 5.41) is 0. The molecular weight excluding hydrogens is 278 g/mol. The van der Waals surface area contributed by atoms with Crippen LogP contribution < -0.4 is 0 Å². The third kappa shape index (κ3) is 3.12. The van der Waals surface area contributed by atoms with Crippen LogP contribution in [0.15, 0.2) is 44.2 Å². The van der Waals surface area contributed by atoms with Gasteiger partial charge in [-0.05, 0) is 57.3 Å². The van der Waals surface area contributed by atoms with Crippen molar-refractivity contribution >= 4 is 17.9 Å². The maximum absolute atomic E-state index is 12.6. The van der Waals surface area contributed by atoms with Crippen LogP contribution in [0, 0.1) is 13.8 Å². The Morgan fingerprint density at radius 3 is 1.73 bits per heavy atom. The van der Waals surface area contributed by atoms with E-state index < -0.39 is 0 Å². The highest BCUT2D eigenvalue weighted by Crippen LogP contribution is 2.22. The van der Waals surface area contributed by atoms with Gasteiger partial charge in [0.25, 0.3) is 0 Å². The Morgan fingerprint density at radius 2 is 1.36 bits per heavy atom. The van der Waals surface area contributed by atoms with E-state index in [-0.39, 0.29) is 5.78 Å². The largest absolute Gasteiger partial charge is 0.462 e. The molecule has 0 bridgehead atoms. The molecule has 114 valence electrons. The number of furan rings is 2. The molecule has 4 heteroatoms. The Hall–Kier alpha value is -2.33. The molecule has 0 unspecified atom stereocenters. The van der Waals surface area contributed by atoms with Crippen molar-refractivity contribution in [2.45, 2.75) is 13.8 Å². The van der Waals surface area contributed by atoms with Crippen molar-refractivity contribution < 1.29 is 13.6 Å². The van der Waals surface area contributed by atoms with E-state index in [1.54, 1.807) is 0 Å². The molecule has 2 aromatic rings. The van der Waals surface area contributed by atoms with Crippen LogP contribution in [-0.4, -0.2) is 30.8 Å². The molecule has 1 aliphatic rings. The van der Waals surface area contributed by atoms with E-state index in [9.17, 15) is 4.79 Å². The number of Topliss-reactive ketones (excluding diaryl/α,β-unsaturated/α-hetero) is 1. The second kappa shape index (κ2) is 5.81. The molecule has 1 aliphatic heterocycles. The van der Waals surface area contributed by atoms with E-state index in [1.165, 1.54) is 0 Å². The lowest BCUT2D eigenvalue weighted by atomic mass is 9.96. The van der Waals surface area contributed by atoms with Crippen molar-refractivity contribution in [1.82, 2.24) is 4.90 Å². The molecule has 0 aliphatic carbocycles. The summed E-state index contributed by atoms with van der Waals surface area (Å²) in [6, 6.07) is 7.55. The molecule has 0 aromatic carbocycles. The summed E-state index contributed by atoms with van der Waals surface area (Å²) in [7, 11) is 1.99. The smallest absolute Gasteiger partial charge is 0.187 e. The first-order valence-electron chi connectivity index (χ1n) is 7.28. The van der Waals surface area contributed by atoms with E-state index in [2.05, 4.69) is 4.90 Å². The lowest BCUT2D eigenvalue weighted by molar-refractivity contribution is -0.113. The molecule has 22 heavy (non-hydrogen) atoms. The van der Waals surface area contributed by atoms with Crippen LogP contribution in [0.1, 0.15) is 23.0 Å². The van der Waals surface area contributed by atoms with Crippen molar-refractivity contribution in [3.05, 3.63) is 58.5 Å². The summed E-state index contributed by atoms with van der Waals surface area (Å²) in [5.74, 6) is 3.16. The maximum atomic E-state index is 12.6. The number of nitrogens with zero attached hydrogens (tertiary/aromatic N) is 1. The van der Waals surface area contributed by atoms with Crippen LogP contribution in [-0.2, 0) is 4.79 Å². The standard InChI is InChI=1S/C18H19NO3/c1-12-4-6-16(21-12)8-14-10-19(3)11-15(18(14)20)9-17-7-5-13(2)22-17/h4-9H,10-11H2,1-3H3/b14-8-,15-9-. The van der Waals surface area contributed by atoms with Gasteiger partial charge in [-0.3, -0.25) is 9.69 Å². The Morgan fingerprint density at radius 1 is 0.909 bits per heavy atom. The second-order valence-electron chi connectivity index (χ2n) is 5.74. The maximum Gasteiger partial charge on any atom is 0.187 e. The molecule has 2 aromatic heterocycles. The number of carbonyl (C=O) groups is 1. The van der Waals surface area contributed by atoms with Gasteiger partial charge in [-0.25, -0.2) is 0 Å². The summed E-state index contributed by atoms with van der Waals surface area (Å²) in [6.07, 6.45) is 3.65. The molecule has 4 nitrogen and oxygen atoms in total. The highest BCUT2D eigenvalue weighted by Gasteiger charge is 2.24. The van der Waals surface area contributed by atoms with Crippen LogP contribution in [0.5, 0.6) is 0 Å². The zero-order valence-corrected chi connectivity index (χ0v) is 13.1. The van der Waals surface area contributed by atoms with Gasteiger partial charge in [0, 0.05) is 24.2 Å². The molecule has 0 amide bonds. The predicted molar refractivity (Wildman–Crippen MR) is 85.3 cm³/mol. The number of aryl methyl sites for hydroxylation is 2. The van der Waals surface area contributed by atoms with Gasteiger partial charge in [0.15, 0.2) is 5.78 Å². The first-order chi connectivity index (χ1) is 10.5. The van der Waals surface area contributed by atoms with Crippen LogP contribution in [0.3, 0.4) is 0 Å². The average molecular weight is 297 g/mol. The molecule has 1 fully saturated rings. The molecule has 0 spiro atoms. The zero-order valence-electron chi connectivity index (χ0n) is 13.1. The van der Waals surface area contributed by atoms with Crippen molar-refractivity contribution in [2.24, 2.45) is 0 Å². The van der Waals surface area contributed by atoms with E-state index in [0.29, 0.717) is 24.6 Å². The summed E-state index contributed by atoms with van der Waals surface area (Å²) < 4.78 is 11.1. The second-order valence-corrected chi connectivity index (χ2v) is 5.74. The van der Waals surface area contributed by atoms with Gasteiger partial charge in [-0.1, -0.05) is 0 Å². The average Bonchev–Trinajstić information content (AvgIpc) is 3.04. The van der Waals surface area contributed by atoms with E-state index in [4.69, 9.17) is 8.83 Å². The Bertz CT molecular complexity index is 699. The van der Waals surface area contributed by atoms with Crippen LogP contribution in [0.2, 0.25) is 0 Å². The lowest BCUT2D eigenvalue weighted by Crippen LogP contribution is -2.34. The number of ketones is 1. The summed E-state index contributed by atoms with van der Waals surface area (Å²) in [5.41, 5.74) is 1.47. The summed E-state index contributed by atoms with van der Waals surface area (Å²) in [6.45, 7) is 5.02. The van der Waals surface area contributed by atoms with Crippen molar-refractivity contribution in [3.8, 4) is 0 Å². The molecule has 0 N–H and O–H groups in total. The molecule has 3 heterocycles. The fraction of sp³-hybridized carbons (Fsp3) is 0.278. The Balaban J connectivity index is 1.91. The zero-order chi connectivity index (χ0) is 15.7. The molecular formula is C18H19NO3. The summed E-state index contributed by atoms with van der Waals surface area (Å²) in [4.78, 5) is 14.7. The number of hydrogen-bond donors (Lipinski definition) is 0. The SMILES string of the molecule is Cc1ccc(/C=C2/CN(C)C/C(=C/c3ccc(C)o3)C2=O)o1. The number of rotatable bonds is 2. The van der Waals surface area contributed by atoms with Gasteiger partial charge in [0.2, 0.25) is 0 Å². The van der Waals surface area contributed by atoms with E-state index >= 15 is 0 Å². The number of likely N-dealkylation sites (N-methyl/N-ethyl adjacent to an activating group) is 1. The first-order valence-corrected chi connectivity index (χ1v) is 7.28. The summed E-state index contributed by atoms with van der Waals surface area (Å²) >= 11 is 0. The molecule has 3 rings (SSSR count). The minimum absolute atomic E-state index is 0.0567. The third-order valence-corrected chi connectivity index (χ3v) is 3.62. The fourth-order valence-electron chi connectivity index (χ4n) is 2.62. The number of carbonyl (C=O) groups excluding carboxylic acids is 1. The van der Waals surface area contributed by atoms with Gasteiger partial charge >= 0.3 is 0 Å². The predicted octanol–water partition coefficient (Wildman–Crippen LogP) is 3.47. The first kappa shape index (κ1) is 14.6. The monoisotopic (exact) mass is 297 g/mol. The number of piperidine rings is 1. The van der Waals surface area contributed by atoms with Gasteiger partial charge in [0.1, 0.15) is 23.0 Å². The number of hydrogen-bond acceptors (Lipinski definition) is 4. The van der Waals surface area contributed by atoms with Crippen LogP contribution >= 0.6 is 0 Å². The minimum Gasteiger partial charge on any atom is -0.462 e. The minimum atomic E-state index is 0.0567. The highest BCUT2D eigenvalue weighted by atomic mass is 16.3. The fourth-order valence-corrected chi connectivity index (χ4v) is 2.62. The van der Waals surface area contributed by atoms with Gasteiger partial charge < -0.3 is 8.83 Å². The Kier molecular flexibility index (Phi) is 3.86. The topological polar surface area (TPSA) is 46.6 Å².